The number of nitrogens with one attached hydrogen (secondary N) is 2. The average molecular weight is 448 g/mol. The second-order valence-electron chi connectivity index (χ2n) is 7.48. The molecule has 0 aliphatic rings. The Balaban J connectivity index is 1.61. The lowest BCUT2D eigenvalue weighted by Crippen LogP contribution is -2.41. The lowest BCUT2D eigenvalue weighted by Gasteiger charge is -2.22. The van der Waals surface area contributed by atoms with Crippen LogP contribution in [0.4, 0.5) is 15.9 Å². The summed E-state index contributed by atoms with van der Waals surface area (Å²) in [5.41, 5.74) is 2.32. The predicted molar refractivity (Wildman–Crippen MR) is 124 cm³/mol. The molecule has 0 saturated carbocycles. The third-order valence-electron chi connectivity index (χ3n) is 4.85. The summed E-state index contributed by atoms with van der Waals surface area (Å²) in [6.45, 7) is 1.93. The van der Waals surface area contributed by atoms with Crippen molar-refractivity contribution in [3.8, 4) is 0 Å². The molecule has 2 aromatic carbocycles. The number of hydrogen-bond acceptors (Lipinski definition) is 4. The van der Waals surface area contributed by atoms with Gasteiger partial charge in [0.1, 0.15) is 18.2 Å². The number of rotatable bonds is 9. The van der Waals surface area contributed by atoms with Crippen LogP contribution in [0.1, 0.15) is 24.0 Å². The topological polar surface area (TPSA) is 91.4 Å². The molecule has 1 aromatic heterocycles. The van der Waals surface area contributed by atoms with Crippen LogP contribution in [0.5, 0.6) is 0 Å². The molecule has 0 bridgehead atoms. The second-order valence-corrected chi connectivity index (χ2v) is 7.48. The van der Waals surface area contributed by atoms with Crippen LogP contribution in [0.3, 0.4) is 0 Å². The Morgan fingerprint density at radius 2 is 1.64 bits per heavy atom. The third-order valence-corrected chi connectivity index (χ3v) is 4.85. The van der Waals surface area contributed by atoms with Crippen molar-refractivity contribution in [2.45, 2.75) is 26.3 Å². The van der Waals surface area contributed by atoms with Gasteiger partial charge in [0.25, 0.3) is 0 Å². The Morgan fingerprint density at radius 1 is 0.909 bits per heavy atom. The van der Waals surface area contributed by atoms with E-state index < -0.39 is 0 Å². The minimum Gasteiger partial charge on any atom is -0.350 e. The fourth-order valence-electron chi connectivity index (χ4n) is 3.05. The highest BCUT2D eigenvalue weighted by atomic mass is 19.1. The molecule has 3 rings (SSSR count). The van der Waals surface area contributed by atoms with E-state index in [4.69, 9.17) is 0 Å². The molecule has 0 aliphatic heterocycles. The number of halogens is 1. The quantitative estimate of drug-likeness (QED) is 0.523. The van der Waals surface area contributed by atoms with E-state index in [1.54, 1.807) is 48.7 Å². The van der Waals surface area contributed by atoms with Crippen LogP contribution in [0.15, 0.2) is 72.9 Å². The predicted octanol–water partition coefficient (Wildman–Crippen LogP) is 3.60. The molecule has 0 saturated heterocycles. The molecule has 0 fully saturated rings. The molecule has 7 nitrogen and oxygen atoms in total. The number of hydrogen-bond donors (Lipinski definition) is 2. The zero-order chi connectivity index (χ0) is 23.6. The van der Waals surface area contributed by atoms with Gasteiger partial charge in [0.2, 0.25) is 17.7 Å². The van der Waals surface area contributed by atoms with Gasteiger partial charge < -0.3 is 15.5 Å². The summed E-state index contributed by atoms with van der Waals surface area (Å²) in [6.07, 6.45) is 1.44. The second kappa shape index (κ2) is 11.5. The maximum Gasteiger partial charge on any atom is 0.240 e. The van der Waals surface area contributed by atoms with Crippen molar-refractivity contribution in [3.05, 3.63) is 89.9 Å². The number of pyridine rings is 1. The number of anilines is 2. The van der Waals surface area contributed by atoms with Crippen LogP contribution in [0.25, 0.3) is 0 Å². The summed E-state index contributed by atoms with van der Waals surface area (Å²) >= 11 is 0. The van der Waals surface area contributed by atoms with Gasteiger partial charge in [0, 0.05) is 31.3 Å². The minimum absolute atomic E-state index is 0.0467. The molecule has 0 atom stereocenters. The summed E-state index contributed by atoms with van der Waals surface area (Å²) in [5.74, 6) is -1.01. The van der Waals surface area contributed by atoms with E-state index in [1.807, 2.05) is 19.1 Å². The van der Waals surface area contributed by atoms with Crippen LogP contribution < -0.4 is 15.5 Å². The normalized spacial score (nSPS) is 10.4. The van der Waals surface area contributed by atoms with Gasteiger partial charge in [-0.1, -0.05) is 35.9 Å². The van der Waals surface area contributed by atoms with Crippen molar-refractivity contribution in [2.24, 2.45) is 0 Å². The number of benzene rings is 2. The largest absolute Gasteiger partial charge is 0.350 e. The molecule has 0 aliphatic carbocycles. The van der Waals surface area contributed by atoms with Crippen molar-refractivity contribution >= 4 is 29.2 Å². The zero-order valence-corrected chi connectivity index (χ0v) is 18.3. The Kier molecular flexibility index (Phi) is 8.24. The summed E-state index contributed by atoms with van der Waals surface area (Å²) < 4.78 is 13.1. The standard InChI is InChI=1S/C25H25FN4O3/c1-18-5-11-21(12-6-18)30(17-24(32)28-16-19-7-9-20(26)10-8-19)25(33)14-13-23(31)29-22-4-2-3-15-27-22/h2-12,15H,13-14,16-17H2,1H3,(H,28,32)(H,27,29,31). The molecule has 3 amide bonds. The van der Waals surface area contributed by atoms with Crippen LogP contribution >= 0.6 is 0 Å². The van der Waals surface area contributed by atoms with Gasteiger partial charge in [-0.2, -0.15) is 0 Å². The lowest BCUT2D eigenvalue weighted by molar-refractivity contribution is -0.125. The first kappa shape index (κ1) is 23.6. The van der Waals surface area contributed by atoms with E-state index in [9.17, 15) is 18.8 Å². The Bertz CT molecular complexity index is 1090. The van der Waals surface area contributed by atoms with Gasteiger partial charge in [0.05, 0.1) is 0 Å². The third kappa shape index (κ3) is 7.53. The summed E-state index contributed by atoms with van der Waals surface area (Å²) in [5, 5.41) is 5.38. The van der Waals surface area contributed by atoms with Gasteiger partial charge in [-0.3, -0.25) is 14.4 Å². The number of nitrogens with zero attached hydrogens (tertiary/aromatic N) is 2. The Hall–Kier alpha value is -4.07. The minimum atomic E-state index is -0.369. The highest BCUT2D eigenvalue weighted by molar-refractivity contribution is 6.01. The SMILES string of the molecule is Cc1ccc(N(CC(=O)NCc2ccc(F)cc2)C(=O)CCC(=O)Nc2ccccn2)cc1. The first-order valence-corrected chi connectivity index (χ1v) is 10.5. The maximum absolute atomic E-state index is 13.1. The first-order valence-electron chi connectivity index (χ1n) is 10.5. The smallest absolute Gasteiger partial charge is 0.240 e. The number of carbonyl (C=O) groups excluding carboxylic acids is 3. The summed E-state index contributed by atoms with van der Waals surface area (Å²) in [4.78, 5) is 43.1. The number of carbonyl (C=O) groups is 3. The fraction of sp³-hybridized carbons (Fsp3) is 0.200. The average Bonchev–Trinajstić information content (AvgIpc) is 2.82. The molecular formula is C25H25FN4O3. The molecule has 0 spiro atoms. The molecule has 2 N–H and O–H groups in total. The Labute approximate surface area is 191 Å². The summed E-state index contributed by atoms with van der Waals surface area (Å²) in [7, 11) is 0. The van der Waals surface area contributed by atoms with Crippen molar-refractivity contribution in [1.29, 1.82) is 0 Å². The van der Waals surface area contributed by atoms with Crippen LogP contribution in [-0.4, -0.2) is 29.3 Å². The van der Waals surface area contributed by atoms with E-state index >= 15 is 0 Å². The van der Waals surface area contributed by atoms with Crippen LogP contribution in [0.2, 0.25) is 0 Å². The molecular weight excluding hydrogens is 423 g/mol. The van der Waals surface area contributed by atoms with E-state index in [2.05, 4.69) is 15.6 Å². The van der Waals surface area contributed by atoms with Crippen LogP contribution in [-0.2, 0) is 20.9 Å². The van der Waals surface area contributed by atoms with Crippen LogP contribution in [0, 0.1) is 12.7 Å². The fourth-order valence-corrected chi connectivity index (χ4v) is 3.05. The summed E-state index contributed by atoms with van der Waals surface area (Å²) in [6, 6.07) is 18.2. The van der Waals surface area contributed by atoms with E-state index in [0.717, 1.165) is 11.1 Å². The van der Waals surface area contributed by atoms with Gasteiger partial charge in [0.15, 0.2) is 0 Å². The van der Waals surface area contributed by atoms with E-state index in [0.29, 0.717) is 11.5 Å². The monoisotopic (exact) mass is 448 g/mol. The molecule has 0 unspecified atom stereocenters. The molecule has 3 aromatic rings. The highest BCUT2D eigenvalue weighted by Gasteiger charge is 2.20. The van der Waals surface area contributed by atoms with E-state index in [1.165, 1.54) is 17.0 Å². The van der Waals surface area contributed by atoms with Crippen molar-refractivity contribution in [2.75, 3.05) is 16.8 Å². The van der Waals surface area contributed by atoms with Crippen molar-refractivity contribution in [1.82, 2.24) is 10.3 Å². The van der Waals surface area contributed by atoms with Gasteiger partial charge in [-0.25, -0.2) is 9.37 Å². The highest BCUT2D eigenvalue weighted by Crippen LogP contribution is 2.17. The number of amides is 3. The first-order chi connectivity index (χ1) is 15.9. The molecule has 33 heavy (non-hydrogen) atoms. The van der Waals surface area contributed by atoms with Crippen molar-refractivity contribution < 1.29 is 18.8 Å². The van der Waals surface area contributed by atoms with Gasteiger partial charge in [-0.15, -0.1) is 0 Å². The lowest BCUT2D eigenvalue weighted by atomic mass is 10.2. The maximum atomic E-state index is 13.1. The molecule has 1 heterocycles. The molecule has 170 valence electrons. The molecule has 8 heteroatoms. The van der Waals surface area contributed by atoms with E-state index in [-0.39, 0.29) is 49.5 Å². The van der Waals surface area contributed by atoms with Gasteiger partial charge in [-0.05, 0) is 48.9 Å². The molecule has 0 radical (unpaired) electrons. The zero-order valence-electron chi connectivity index (χ0n) is 18.3. The van der Waals surface area contributed by atoms with Crippen molar-refractivity contribution in [3.63, 3.8) is 0 Å². The number of aromatic nitrogens is 1. The Morgan fingerprint density at radius 3 is 2.30 bits per heavy atom. The van der Waals surface area contributed by atoms with Gasteiger partial charge >= 0.3 is 0 Å². The number of aryl methyl sites for hydroxylation is 1.